The number of aryl methyl sites for hydroxylation is 1. The summed E-state index contributed by atoms with van der Waals surface area (Å²) in [6, 6.07) is 5.25. The van der Waals surface area contributed by atoms with Crippen LogP contribution in [-0.4, -0.2) is 30.4 Å². The molecule has 1 amide bonds. The topological polar surface area (TPSA) is 46.6 Å². The second kappa shape index (κ2) is 5.67. The number of ether oxygens (including phenoxy) is 1. The quantitative estimate of drug-likeness (QED) is 0.755. The molecule has 1 aromatic carbocycles. The van der Waals surface area contributed by atoms with Crippen LogP contribution in [0.3, 0.4) is 0 Å². The molecule has 0 N–H and O–H groups in total. The molecular formula is C14H17NO3. The van der Waals surface area contributed by atoms with Crippen molar-refractivity contribution in [3.8, 4) is 5.75 Å². The molecule has 1 aromatic rings. The first kappa shape index (κ1) is 12.6. The number of amides is 1. The Bertz CT molecular complexity index is 450. The van der Waals surface area contributed by atoms with E-state index in [-0.39, 0.29) is 6.09 Å². The average Bonchev–Trinajstić information content (AvgIpc) is 2.42. The van der Waals surface area contributed by atoms with E-state index in [1.807, 2.05) is 13.0 Å². The summed E-state index contributed by atoms with van der Waals surface area (Å²) in [5, 5.41) is 0. The van der Waals surface area contributed by atoms with Gasteiger partial charge in [0.2, 0.25) is 0 Å². The van der Waals surface area contributed by atoms with Crippen LogP contribution >= 0.6 is 0 Å². The summed E-state index contributed by atoms with van der Waals surface area (Å²) in [5.74, 6) is 0.378. The minimum atomic E-state index is -0.355. The van der Waals surface area contributed by atoms with Crippen molar-refractivity contribution in [1.29, 1.82) is 0 Å². The van der Waals surface area contributed by atoms with Crippen molar-refractivity contribution >= 4 is 12.4 Å². The number of nitrogens with zero attached hydrogens (tertiary/aromatic N) is 1. The van der Waals surface area contributed by atoms with Gasteiger partial charge in [0, 0.05) is 13.1 Å². The molecule has 0 atom stereocenters. The Balaban J connectivity index is 2.13. The largest absolute Gasteiger partial charge is 0.415 e. The predicted molar refractivity (Wildman–Crippen MR) is 68.0 cm³/mol. The third kappa shape index (κ3) is 2.70. The molecule has 4 heteroatoms. The number of aldehydes is 1. The third-order valence-corrected chi connectivity index (χ3v) is 3.17. The highest BCUT2D eigenvalue weighted by Gasteiger charge is 2.20. The summed E-state index contributed by atoms with van der Waals surface area (Å²) in [6.45, 7) is 3.30. The van der Waals surface area contributed by atoms with Gasteiger partial charge in [0.15, 0.2) is 6.29 Å². The highest BCUT2D eigenvalue weighted by atomic mass is 16.6. The minimum Gasteiger partial charge on any atom is -0.409 e. The van der Waals surface area contributed by atoms with Gasteiger partial charge in [-0.3, -0.25) is 4.79 Å². The Hall–Kier alpha value is -1.84. The number of hydrogen-bond donors (Lipinski definition) is 0. The fourth-order valence-electron chi connectivity index (χ4n) is 2.14. The highest BCUT2D eigenvalue weighted by molar-refractivity contribution is 5.83. The molecule has 0 bridgehead atoms. The van der Waals surface area contributed by atoms with Crippen molar-refractivity contribution < 1.29 is 14.3 Å². The molecule has 1 aliphatic heterocycles. The molecule has 1 saturated heterocycles. The van der Waals surface area contributed by atoms with Crippen LogP contribution in [0.25, 0.3) is 0 Å². The molecule has 2 rings (SSSR count). The summed E-state index contributed by atoms with van der Waals surface area (Å²) < 4.78 is 5.36. The molecule has 1 aliphatic rings. The summed E-state index contributed by atoms with van der Waals surface area (Å²) in [7, 11) is 0. The van der Waals surface area contributed by atoms with Gasteiger partial charge in [-0.1, -0.05) is 12.1 Å². The molecule has 18 heavy (non-hydrogen) atoms. The van der Waals surface area contributed by atoms with Gasteiger partial charge in [0.25, 0.3) is 0 Å². The van der Waals surface area contributed by atoms with Gasteiger partial charge >= 0.3 is 6.09 Å². The fourth-order valence-corrected chi connectivity index (χ4v) is 2.14. The average molecular weight is 247 g/mol. The number of likely N-dealkylation sites (tertiary alicyclic amines) is 1. The van der Waals surface area contributed by atoms with Crippen LogP contribution in [0.4, 0.5) is 4.79 Å². The number of hydrogen-bond acceptors (Lipinski definition) is 3. The van der Waals surface area contributed by atoms with Crippen LogP contribution in [0.5, 0.6) is 5.75 Å². The van der Waals surface area contributed by atoms with E-state index in [1.54, 1.807) is 17.0 Å². The van der Waals surface area contributed by atoms with E-state index >= 15 is 0 Å². The van der Waals surface area contributed by atoms with Gasteiger partial charge < -0.3 is 9.64 Å². The lowest BCUT2D eigenvalue weighted by molar-refractivity contribution is 0.111. The van der Waals surface area contributed by atoms with Crippen LogP contribution in [0.2, 0.25) is 0 Å². The number of carbonyl (C=O) groups is 2. The Morgan fingerprint density at radius 2 is 2.00 bits per heavy atom. The molecular weight excluding hydrogens is 230 g/mol. The van der Waals surface area contributed by atoms with Gasteiger partial charge in [-0.2, -0.15) is 0 Å². The van der Waals surface area contributed by atoms with Crippen molar-refractivity contribution in [2.24, 2.45) is 0 Å². The lowest BCUT2D eigenvalue weighted by atomic mass is 10.1. The Labute approximate surface area is 107 Å². The van der Waals surface area contributed by atoms with Crippen LogP contribution in [0.1, 0.15) is 35.2 Å². The molecule has 0 aliphatic carbocycles. The number of rotatable bonds is 2. The van der Waals surface area contributed by atoms with Crippen molar-refractivity contribution in [2.75, 3.05) is 13.1 Å². The maximum absolute atomic E-state index is 12.0. The van der Waals surface area contributed by atoms with E-state index < -0.39 is 0 Å². The van der Waals surface area contributed by atoms with Gasteiger partial charge in [-0.15, -0.1) is 0 Å². The predicted octanol–water partition coefficient (Wildman–Crippen LogP) is 2.79. The summed E-state index contributed by atoms with van der Waals surface area (Å²) in [4.78, 5) is 24.6. The van der Waals surface area contributed by atoms with Gasteiger partial charge in [-0.05, 0) is 37.8 Å². The summed E-state index contributed by atoms with van der Waals surface area (Å²) in [5.41, 5.74) is 1.21. The lowest BCUT2D eigenvalue weighted by Crippen LogP contribution is -2.37. The highest BCUT2D eigenvalue weighted by Crippen LogP contribution is 2.23. The second-order valence-corrected chi connectivity index (χ2v) is 4.53. The lowest BCUT2D eigenvalue weighted by Gasteiger charge is -2.26. The normalized spacial score (nSPS) is 15.3. The standard InChI is InChI=1S/C14H17NO3/c1-11-6-5-7-12(10-16)13(11)18-14(17)15-8-3-2-4-9-15/h5-7,10H,2-4,8-9H2,1H3. The van der Waals surface area contributed by atoms with Crippen LogP contribution in [-0.2, 0) is 0 Å². The van der Waals surface area contributed by atoms with Gasteiger partial charge in [0.05, 0.1) is 5.56 Å². The van der Waals surface area contributed by atoms with E-state index in [1.165, 1.54) is 0 Å². The molecule has 0 aromatic heterocycles. The monoisotopic (exact) mass is 247 g/mol. The number of para-hydroxylation sites is 1. The smallest absolute Gasteiger partial charge is 0.409 e. The van der Waals surface area contributed by atoms with Gasteiger partial charge in [-0.25, -0.2) is 4.79 Å². The summed E-state index contributed by atoms with van der Waals surface area (Å²) >= 11 is 0. The summed E-state index contributed by atoms with van der Waals surface area (Å²) in [6.07, 6.45) is 3.55. The zero-order valence-corrected chi connectivity index (χ0v) is 10.5. The molecule has 96 valence electrons. The van der Waals surface area contributed by atoms with E-state index in [9.17, 15) is 9.59 Å². The molecule has 0 spiro atoms. The van der Waals surface area contributed by atoms with Crippen molar-refractivity contribution in [2.45, 2.75) is 26.2 Å². The Morgan fingerprint density at radius 3 is 2.67 bits per heavy atom. The maximum Gasteiger partial charge on any atom is 0.415 e. The van der Waals surface area contributed by atoms with Gasteiger partial charge in [0.1, 0.15) is 5.75 Å². The zero-order chi connectivity index (χ0) is 13.0. The molecule has 1 heterocycles. The van der Waals surface area contributed by atoms with Crippen LogP contribution < -0.4 is 4.74 Å². The van der Waals surface area contributed by atoms with E-state index in [2.05, 4.69) is 0 Å². The first-order valence-corrected chi connectivity index (χ1v) is 6.24. The molecule has 0 radical (unpaired) electrons. The van der Waals surface area contributed by atoms with E-state index in [0.29, 0.717) is 17.6 Å². The van der Waals surface area contributed by atoms with E-state index in [4.69, 9.17) is 4.74 Å². The first-order valence-electron chi connectivity index (χ1n) is 6.24. The van der Waals surface area contributed by atoms with Crippen molar-refractivity contribution in [3.05, 3.63) is 29.3 Å². The van der Waals surface area contributed by atoms with E-state index in [0.717, 1.165) is 37.9 Å². The fraction of sp³-hybridized carbons (Fsp3) is 0.429. The molecule has 4 nitrogen and oxygen atoms in total. The number of carbonyl (C=O) groups excluding carboxylic acids is 2. The Morgan fingerprint density at radius 1 is 1.28 bits per heavy atom. The van der Waals surface area contributed by atoms with Crippen molar-refractivity contribution in [1.82, 2.24) is 4.90 Å². The maximum atomic E-state index is 12.0. The van der Waals surface area contributed by atoms with Crippen LogP contribution in [0, 0.1) is 6.92 Å². The number of benzene rings is 1. The molecule has 0 saturated carbocycles. The molecule has 1 fully saturated rings. The Kier molecular flexibility index (Phi) is 3.97. The SMILES string of the molecule is Cc1cccc(C=O)c1OC(=O)N1CCCCC1. The van der Waals surface area contributed by atoms with Crippen molar-refractivity contribution in [3.63, 3.8) is 0 Å². The third-order valence-electron chi connectivity index (χ3n) is 3.17. The first-order chi connectivity index (χ1) is 8.72. The number of piperidine rings is 1. The second-order valence-electron chi connectivity index (χ2n) is 4.53. The molecule has 0 unspecified atom stereocenters. The zero-order valence-electron chi connectivity index (χ0n) is 10.5. The minimum absolute atomic E-state index is 0.355. The van der Waals surface area contributed by atoms with Crippen LogP contribution in [0.15, 0.2) is 18.2 Å².